The lowest BCUT2D eigenvalue weighted by atomic mass is 9.99. The third-order valence-corrected chi connectivity index (χ3v) is 4.30. The number of aliphatic hydroxyl groups excluding tert-OH is 1. The number of ether oxygens (including phenoxy) is 2. The van der Waals surface area contributed by atoms with E-state index in [4.69, 9.17) is 9.47 Å². The molecule has 1 N–H and O–H groups in total. The average molecular weight is 348 g/mol. The van der Waals surface area contributed by atoms with Gasteiger partial charge in [-0.25, -0.2) is 0 Å². The van der Waals surface area contributed by atoms with E-state index in [-0.39, 0.29) is 43.2 Å². The first-order chi connectivity index (χ1) is 11.7. The fourth-order valence-corrected chi connectivity index (χ4v) is 3.23. The number of hydrogen-bond acceptors (Lipinski definition) is 5. The molecule has 138 valence electrons. The average Bonchev–Trinajstić information content (AvgIpc) is 2.83. The van der Waals surface area contributed by atoms with Gasteiger partial charge >= 0.3 is 11.9 Å². The minimum absolute atomic E-state index is 0.0470. The summed E-state index contributed by atoms with van der Waals surface area (Å²) in [6, 6.07) is 9.53. The Morgan fingerprint density at radius 1 is 1.08 bits per heavy atom. The molecule has 25 heavy (non-hydrogen) atoms. The van der Waals surface area contributed by atoms with Crippen molar-refractivity contribution in [3.63, 3.8) is 0 Å². The summed E-state index contributed by atoms with van der Waals surface area (Å²) in [7, 11) is 0. The summed E-state index contributed by atoms with van der Waals surface area (Å²) in [5, 5.41) is 10.2. The largest absolute Gasteiger partial charge is 0.461 e. The van der Waals surface area contributed by atoms with Crippen LogP contribution in [0.3, 0.4) is 0 Å². The van der Waals surface area contributed by atoms with Crippen LogP contribution in [-0.2, 0) is 25.7 Å². The van der Waals surface area contributed by atoms with Crippen molar-refractivity contribution >= 4 is 11.9 Å². The van der Waals surface area contributed by atoms with Crippen LogP contribution in [0, 0.1) is 11.8 Å². The van der Waals surface area contributed by atoms with Crippen molar-refractivity contribution in [3.05, 3.63) is 35.9 Å². The van der Waals surface area contributed by atoms with Gasteiger partial charge in [-0.1, -0.05) is 30.3 Å². The number of rotatable bonds is 6. The summed E-state index contributed by atoms with van der Waals surface area (Å²) >= 11 is 0. The summed E-state index contributed by atoms with van der Waals surface area (Å²) in [6.45, 7) is 5.72. The maximum atomic E-state index is 12.0. The first-order valence-electron chi connectivity index (χ1n) is 8.82. The molecular formula is C20H28O5. The minimum atomic E-state index is -0.570. The van der Waals surface area contributed by atoms with Crippen molar-refractivity contribution in [3.8, 4) is 0 Å². The van der Waals surface area contributed by atoms with E-state index in [9.17, 15) is 14.7 Å². The fraction of sp³-hybridized carbons (Fsp3) is 0.600. The van der Waals surface area contributed by atoms with Crippen molar-refractivity contribution < 1.29 is 24.2 Å². The van der Waals surface area contributed by atoms with Crippen LogP contribution in [-0.4, -0.2) is 28.8 Å². The maximum Gasteiger partial charge on any atom is 0.306 e. The molecule has 1 aliphatic carbocycles. The van der Waals surface area contributed by atoms with E-state index in [1.807, 2.05) is 51.1 Å². The van der Waals surface area contributed by atoms with Gasteiger partial charge in [-0.15, -0.1) is 0 Å². The molecule has 5 nitrogen and oxygen atoms in total. The standard InChI is InChI=1S/C20H28O5/c1-20(2,3)25-19(23)12-16-9-15(10-17(16)21)11-18(22)24-13-14-7-5-4-6-8-14/h4-8,15-17,21H,9-13H2,1-3H3/t15-,16+,17?/m1/s1. The third kappa shape index (κ3) is 6.86. The summed E-state index contributed by atoms with van der Waals surface area (Å²) in [6.07, 6.45) is 1.05. The third-order valence-electron chi connectivity index (χ3n) is 4.30. The van der Waals surface area contributed by atoms with E-state index in [1.165, 1.54) is 0 Å². The first-order valence-corrected chi connectivity index (χ1v) is 8.82. The zero-order valence-electron chi connectivity index (χ0n) is 15.2. The first kappa shape index (κ1) is 19.4. The molecule has 2 rings (SSSR count). The van der Waals surface area contributed by atoms with Crippen LogP contribution >= 0.6 is 0 Å². The van der Waals surface area contributed by atoms with Crippen LogP contribution in [0.2, 0.25) is 0 Å². The van der Waals surface area contributed by atoms with E-state index in [1.54, 1.807) is 0 Å². The van der Waals surface area contributed by atoms with E-state index >= 15 is 0 Å². The van der Waals surface area contributed by atoms with Gasteiger partial charge in [0.05, 0.1) is 12.5 Å². The highest BCUT2D eigenvalue weighted by Crippen LogP contribution is 2.36. The van der Waals surface area contributed by atoms with Gasteiger partial charge < -0.3 is 14.6 Å². The zero-order chi connectivity index (χ0) is 18.4. The van der Waals surface area contributed by atoms with E-state index in [0.29, 0.717) is 12.8 Å². The lowest BCUT2D eigenvalue weighted by Crippen LogP contribution is -2.27. The molecule has 0 aliphatic heterocycles. The highest BCUT2D eigenvalue weighted by atomic mass is 16.6. The van der Waals surface area contributed by atoms with Crippen molar-refractivity contribution in [2.45, 2.75) is 64.8 Å². The highest BCUT2D eigenvalue weighted by Gasteiger charge is 2.36. The van der Waals surface area contributed by atoms with Crippen LogP contribution < -0.4 is 0 Å². The Bertz CT molecular complexity index is 575. The van der Waals surface area contributed by atoms with Gasteiger partial charge in [0, 0.05) is 6.42 Å². The molecular weight excluding hydrogens is 320 g/mol. The second-order valence-electron chi connectivity index (χ2n) is 7.81. The van der Waals surface area contributed by atoms with Gasteiger partial charge in [0.1, 0.15) is 12.2 Å². The smallest absolute Gasteiger partial charge is 0.306 e. The molecule has 0 aromatic heterocycles. The Kier molecular flexibility index (Phi) is 6.59. The predicted molar refractivity (Wildman–Crippen MR) is 93.5 cm³/mol. The van der Waals surface area contributed by atoms with Gasteiger partial charge in [-0.05, 0) is 51.0 Å². The van der Waals surface area contributed by atoms with Gasteiger partial charge in [0.15, 0.2) is 0 Å². The van der Waals surface area contributed by atoms with Crippen molar-refractivity contribution in [1.82, 2.24) is 0 Å². The van der Waals surface area contributed by atoms with Crippen LogP contribution in [0.1, 0.15) is 52.0 Å². The minimum Gasteiger partial charge on any atom is -0.461 e. The zero-order valence-corrected chi connectivity index (χ0v) is 15.2. The molecule has 0 spiro atoms. The van der Waals surface area contributed by atoms with Crippen LogP contribution in [0.5, 0.6) is 0 Å². The van der Waals surface area contributed by atoms with Crippen molar-refractivity contribution in [2.75, 3.05) is 0 Å². The quantitative estimate of drug-likeness (QED) is 0.799. The molecule has 0 radical (unpaired) electrons. The topological polar surface area (TPSA) is 72.8 Å². The molecule has 1 aromatic carbocycles. The second-order valence-corrected chi connectivity index (χ2v) is 7.81. The van der Waals surface area contributed by atoms with Gasteiger partial charge in [0.25, 0.3) is 0 Å². The monoisotopic (exact) mass is 348 g/mol. The van der Waals surface area contributed by atoms with Crippen molar-refractivity contribution in [2.24, 2.45) is 11.8 Å². The molecule has 1 unspecified atom stereocenters. The van der Waals surface area contributed by atoms with Gasteiger partial charge in [-0.2, -0.15) is 0 Å². The Morgan fingerprint density at radius 2 is 1.76 bits per heavy atom. The Labute approximate surface area is 149 Å². The molecule has 0 saturated heterocycles. The Hall–Kier alpha value is -1.88. The van der Waals surface area contributed by atoms with Crippen LogP contribution in [0.4, 0.5) is 0 Å². The summed E-state index contributed by atoms with van der Waals surface area (Å²) in [5.41, 5.74) is 0.423. The van der Waals surface area contributed by atoms with E-state index in [2.05, 4.69) is 0 Å². The number of benzene rings is 1. The summed E-state index contributed by atoms with van der Waals surface area (Å²) in [4.78, 5) is 23.9. The summed E-state index contributed by atoms with van der Waals surface area (Å²) in [5.74, 6) is -0.671. The van der Waals surface area contributed by atoms with Crippen LogP contribution in [0.15, 0.2) is 30.3 Å². The predicted octanol–water partition coefficient (Wildman–Crippen LogP) is 3.24. The van der Waals surface area contributed by atoms with E-state index < -0.39 is 11.7 Å². The normalized spacial score (nSPS) is 23.3. The van der Waals surface area contributed by atoms with E-state index in [0.717, 1.165) is 5.56 Å². The molecule has 3 atom stereocenters. The number of carbonyl (C=O) groups is 2. The SMILES string of the molecule is CC(C)(C)OC(=O)C[C@@H]1C[C@@H](CC(=O)OCc2ccccc2)CC1O. The lowest BCUT2D eigenvalue weighted by molar-refractivity contribution is -0.156. The van der Waals surface area contributed by atoms with Crippen LogP contribution in [0.25, 0.3) is 0 Å². The molecule has 5 heteroatoms. The highest BCUT2D eigenvalue weighted by molar-refractivity contribution is 5.71. The maximum absolute atomic E-state index is 12.0. The number of esters is 2. The molecule has 1 saturated carbocycles. The number of aliphatic hydroxyl groups is 1. The molecule has 0 heterocycles. The number of carbonyl (C=O) groups excluding carboxylic acids is 2. The molecule has 1 fully saturated rings. The number of hydrogen-bond donors (Lipinski definition) is 1. The molecule has 0 bridgehead atoms. The lowest BCUT2D eigenvalue weighted by Gasteiger charge is -2.21. The Balaban J connectivity index is 1.75. The van der Waals surface area contributed by atoms with Gasteiger partial charge in [0.2, 0.25) is 0 Å². The van der Waals surface area contributed by atoms with Crippen molar-refractivity contribution in [1.29, 1.82) is 0 Å². The molecule has 0 amide bonds. The van der Waals surface area contributed by atoms with Gasteiger partial charge in [-0.3, -0.25) is 9.59 Å². The fourth-order valence-electron chi connectivity index (χ4n) is 3.23. The second kappa shape index (κ2) is 8.48. The molecule has 1 aromatic rings. The Morgan fingerprint density at radius 3 is 2.40 bits per heavy atom. The summed E-state index contributed by atoms with van der Waals surface area (Å²) < 4.78 is 10.6. The molecule has 1 aliphatic rings.